The molecule has 1 N–H and O–H groups in total. The van der Waals surface area contributed by atoms with Crippen LogP contribution in [-0.2, 0) is 11.2 Å². The Labute approximate surface area is 92.6 Å². The average Bonchev–Trinajstić information content (AvgIpc) is 2.71. The summed E-state index contributed by atoms with van der Waals surface area (Å²) in [5, 5.41) is 6.70. The van der Waals surface area contributed by atoms with Crippen LogP contribution in [0.1, 0.15) is 5.56 Å². The van der Waals surface area contributed by atoms with Crippen LogP contribution in [0.5, 0.6) is 0 Å². The van der Waals surface area contributed by atoms with E-state index >= 15 is 0 Å². The molecule has 2 rings (SSSR count). The lowest BCUT2D eigenvalue weighted by atomic mass is 10.1. The average molecular weight is 217 g/mol. The number of thiophene rings is 1. The molecule has 1 aromatic carbocycles. The zero-order chi connectivity index (χ0) is 10.5. The minimum atomic E-state index is 0.0274. The molecule has 2 aromatic rings. The summed E-state index contributed by atoms with van der Waals surface area (Å²) in [6, 6.07) is 11.6. The number of carbonyl (C=O) groups is 1. The summed E-state index contributed by atoms with van der Waals surface area (Å²) in [5.41, 5.74) is 1.91. The SMILES string of the molecule is O=C(Cc1ccccc1)Nc1ccsc1. The van der Waals surface area contributed by atoms with Crippen LogP contribution >= 0.6 is 11.3 Å². The van der Waals surface area contributed by atoms with Gasteiger partial charge in [0.25, 0.3) is 0 Å². The maximum atomic E-state index is 11.6. The van der Waals surface area contributed by atoms with E-state index in [2.05, 4.69) is 5.32 Å². The molecule has 0 fully saturated rings. The first-order chi connectivity index (χ1) is 7.34. The fraction of sp³-hybridized carbons (Fsp3) is 0.0833. The Bertz CT molecular complexity index is 422. The van der Waals surface area contributed by atoms with Gasteiger partial charge in [-0.25, -0.2) is 0 Å². The zero-order valence-electron chi connectivity index (χ0n) is 8.14. The highest BCUT2D eigenvalue weighted by Gasteiger charge is 2.03. The third-order valence-corrected chi connectivity index (χ3v) is 2.70. The van der Waals surface area contributed by atoms with Crippen molar-refractivity contribution in [3.63, 3.8) is 0 Å². The van der Waals surface area contributed by atoms with E-state index < -0.39 is 0 Å². The summed E-state index contributed by atoms with van der Waals surface area (Å²) >= 11 is 1.57. The number of hydrogen-bond donors (Lipinski definition) is 1. The zero-order valence-corrected chi connectivity index (χ0v) is 8.96. The summed E-state index contributed by atoms with van der Waals surface area (Å²) in [7, 11) is 0. The number of anilines is 1. The van der Waals surface area contributed by atoms with Crippen LogP contribution in [0.3, 0.4) is 0 Å². The molecule has 0 atom stereocenters. The Balaban J connectivity index is 1.94. The van der Waals surface area contributed by atoms with Gasteiger partial charge in [-0.2, -0.15) is 11.3 Å². The summed E-state index contributed by atoms with van der Waals surface area (Å²) in [5.74, 6) is 0.0274. The Morgan fingerprint density at radius 1 is 1.20 bits per heavy atom. The van der Waals surface area contributed by atoms with Crippen molar-refractivity contribution in [2.24, 2.45) is 0 Å². The van der Waals surface area contributed by atoms with E-state index in [1.165, 1.54) is 0 Å². The molecule has 76 valence electrons. The molecular formula is C12H11NOS. The van der Waals surface area contributed by atoms with E-state index in [1.54, 1.807) is 11.3 Å². The van der Waals surface area contributed by atoms with Gasteiger partial charge in [-0.15, -0.1) is 0 Å². The Kier molecular flexibility index (Phi) is 3.15. The van der Waals surface area contributed by atoms with Crippen LogP contribution in [0.2, 0.25) is 0 Å². The third kappa shape index (κ3) is 2.92. The van der Waals surface area contributed by atoms with Crippen LogP contribution in [0.4, 0.5) is 5.69 Å². The van der Waals surface area contributed by atoms with Gasteiger partial charge in [-0.05, 0) is 17.0 Å². The van der Waals surface area contributed by atoms with Gasteiger partial charge in [0.15, 0.2) is 0 Å². The summed E-state index contributed by atoms with van der Waals surface area (Å²) in [6.07, 6.45) is 0.427. The maximum Gasteiger partial charge on any atom is 0.228 e. The first-order valence-electron chi connectivity index (χ1n) is 4.70. The fourth-order valence-corrected chi connectivity index (χ4v) is 1.91. The molecule has 2 nitrogen and oxygen atoms in total. The van der Waals surface area contributed by atoms with Gasteiger partial charge in [-0.1, -0.05) is 30.3 Å². The van der Waals surface area contributed by atoms with Gasteiger partial charge in [-0.3, -0.25) is 4.79 Å². The predicted molar refractivity (Wildman–Crippen MR) is 63.1 cm³/mol. The van der Waals surface area contributed by atoms with E-state index in [4.69, 9.17) is 0 Å². The number of rotatable bonds is 3. The van der Waals surface area contributed by atoms with E-state index in [1.807, 2.05) is 47.2 Å². The van der Waals surface area contributed by atoms with Crippen molar-refractivity contribution in [1.82, 2.24) is 0 Å². The number of benzene rings is 1. The van der Waals surface area contributed by atoms with Crippen molar-refractivity contribution < 1.29 is 4.79 Å². The maximum absolute atomic E-state index is 11.6. The lowest BCUT2D eigenvalue weighted by Crippen LogP contribution is -2.13. The van der Waals surface area contributed by atoms with Crippen LogP contribution in [0.25, 0.3) is 0 Å². The van der Waals surface area contributed by atoms with Crippen molar-refractivity contribution in [2.75, 3.05) is 5.32 Å². The Hall–Kier alpha value is -1.61. The highest BCUT2D eigenvalue weighted by Crippen LogP contribution is 2.12. The molecule has 0 saturated heterocycles. The summed E-state index contributed by atoms with van der Waals surface area (Å²) in [6.45, 7) is 0. The number of nitrogens with one attached hydrogen (secondary N) is 1. The lowest BCUT2D eigenvalue weighted by molar-refractivity contribution is -0.115. The first-order valence-corrected chi connectivity index (χ1v) is 5.65. The topological polar surface area (TPSA) is 29.1 Å². The monoisotopic (exact) mass is 217 g/mol. The van der Waals surface area contributed by atoms with Gasteiger partial charge in [0.05, 0.1) is 12.1 Å². The molecule has 0 unspecified atom stereocenters. The van der Waals surface area contributed by atoms with Gasteiger partial charge in [0.1, 0.15) is 0 Å². The molecule has 0 spiro atoms. The van der Waals surface area contributed by atoms with Gasteiger partial charge in [0.2, 0.25) is 5.91 Å². The van der Waals surface area contributed by atoms with Crippen LogP contribution in [-0.4, -0.2) is 5.91 Å². The predicted octanol–water partition coefficient (Wildman–Crippen LogP) is 2.93. The minimum Gasteiger partial charge on any atom is -0.325 e. The molecule has 1 amide bonds. The second-order valence-electron chi connectivity index (χ2n) is 3.22. The largest absolute Gasteiger partial charge is 0.325 e. The highest BCUT2D eigenvalue weighted by atomic mass is 32.1. The van der Waals surface area contributed by atoms with Crippen molar-refractivity contribution in [2.45, 2.75) is 6.42 Å². The van der Waals surface area contributed by atoms with Crippen LogP contribution < -0.4 is 5.32 Å². The van der Waals surface area contributed by atoms with Crippen molar-refractivity contribution >= 4 is 22.9 Å². The van der Waals surface area contributed by atoms with E-state index in [9.17, 15) is 4.79 Å². The van der Waals surface area contributed by atoms with E-state index in [0.717, 1.165) is 11.3 Å². The standard InChI is InChI=1S/C12H11NOS/c14-12(13-11-6-7-15-9-11)8-10-4-2-1-3-5-10/h1-7,9H,8H2,(H,13,14). The van der Waals surface area contributed by atoms with Crippen molar-refractivity contribution in [3.8, 4) is 0 Å². The molecule has 15 heavy (non-hydrogen) atoms. The molecule has 3 heteroatoms. The second kappa shape index (κ2) is 4.75. The fourth-order valence-electron chi connectivity index (χ4n) is 1.32. The number of amides is 1. The molecular weight excluding hydrogens is 206 g/mol. The smallest absolute Gasteiger partial charge is 0.228 e. The van der Waals surface area contributed by atoms with E-state index in [-0.39, 0.29) is 5.91 Å². The van der Waals surface area contributed by atoms with Crippen molar-refractivity contribution in [3.05, 3.63) is 52.7 Å². The summed E-state index contributed by atoms with van der Waals surface area (Å²) < 4.78 is 0. The summed E-state index contributed by atoms with van der Waals surface area (Å²) in [4.78, 5) is 11.6. The van der Waals surface area contributed by atoms with Crippen LogP contribution in [0.15, 0.2) is 47.2 Å². The molecule has 0 bridgehead atoms. The third-order valence-electron chi connectivity index (χ3n) is 2.01. The van der Waals surface area contributed by atoms with Gasteiger partial charge < -0.3 is 5.32 Å². The molecule has 0 radical (unpaired) electrons. The highest BCUT2D eigenvalue weighted by molar-refractivity contribution is 7.08. The molecule has 1 aromatic heterocycles. The molecule has 0 aliphatic heterocycles. The molecule has 0 aliphatic carbocycles. The van der Waals surface area contributed by atoms with Crippen molar-refractivity contribution in [1.29, 1.82) is 0 Å². The van der Waals surface area contributed by atoms with Crippen LogP contribution in [0, 0.1) is 0 Å². The van der Waals surface area contributed by atoms with Gasteiger partial charge in [0, 0.05) is 5.38 Å². The van der Waals surface area contributed by atoms with E-state index in [0.29, 0.717) is 6.42 Å². The molecule has 0 saturated carbocycles. The second-order valence-corrected chi connectivity index (χ2v) is 4.00. The number of hydrogen-bond acceptors (Lipinski definition) is 2. The first kappa shape index (κ1) is 9.93. The minimum absolute atomic E-state index is 0.0274. The molecule has 1 heterocycles. The lowest BCUT2D eigenvalue weighted by Gasteiger charge is -2.02. The molecule has 0 aliphatic rings. The van der Waals surface area contributed by atoms with Gasteiger partial charge >= 0.3 is 0 Å². The Morgan fingerprint density at radius 3 is 2.67 bits per heavy atom. The Morgan fingerprint density at radius 2 is 2.00 bits per heavy atom. The normalized spacial score (nSPS) is 9.87. The number of carbonyl (C=O) groups excluding carboxylic acids is 1. The quantitative estimate of drug-likeness (QED) is 0.841.